The van der Waals surface area contributed by atoms with Gasteiger partial charge >= 0.3 is 0 Å². The van der Waals surface area contributed by atoms with Gasteiger partial charge in [-0.3, -0.25) is 4.79 Å². The molecule has 1 heterocycles. The summed E-state index contributed by atoms with van der Waals surface area (Å²) >= 11 is 0. The van der Waals surface area contributed by atoms with E-state index in [0.29, 0.717) is 36.0 Å². The molecule has 6 nitrogen and oxygen atoms in total. The van der Waals surface area contributed by atoms with Gasteiger partial charge in [-0.15, -0.1) is 0 Å². The third-order valence-electron chi connectivity index (χ3n) is 4.69. The first-order chi connectivity index (χ1) is 13.4. The zero-order chi connectivity index (χ0) is 20.3. The maximum Gasteiger partial charge on any atom is 0.274 e. The second-order valence-corrected chi connectivity index (χ2v) is 7.23. The predicted molar refractivity (Wildman–Crippen MR) is 109 cm³/mol. The van der Waals surface area contributed by atoms with Crippen LogP contribution < -0.4 is 14.2 Å². The highest BCUT2D eigenvalue weighted by Crippen LogP contribution is 2.35. The topological polar surface area (TPSA) is 60.4 Å². The van der Waals surface area contributed by atoms with Crippen molar-refractivity contribution in [2.75, 3.05) is 27.4 Å². The normalized spacial score (nSPS) is 15.2. The monoisotopic (exact) mass is 382 g/mol. The van der Waals surface area contributed by atoms with E-state index in [1.165, 1.54) is 5.01 Å². The molecule has 148 valence electrons. The largest absolute Gasteiger partial charge is 0.494 e. The average Bonchev–Trinajstić information content (AvgIpc) is 3.02. The van der Waals surface area contributed by atoms with E-state index in [4.69, 9.17) is 14.2 Å². The molecule has 0 aliphatic carbocycles. The SMILES string of the molecule is CCOc1cccc(C(=O)N2CC(C)(C)C(c3ccc(OC)c(OC)c3)=N2)c1. The Hall–Kier alpha value is -3.02. The molecule has 0 unspecified atom stereocenters. The summed E-state index contributed by atoms with van der Waals surface area (Å²) in [5.41, 5.74) is 2.00. The minimum absolute atomic E-state index is 0.148. The lowest BCUT2D eigenvalue weighted by Crippen LogP contribution is -2.31. The van der Waals surface area contributed by atoms with Gasteiger partial charge in [0.2, 0.25) is 0 Å². The number of rotatable bonds is 6. The van der Waals surface area contributed by atoms with Gasteiger partial charge in [-0.05, 0) is 43.3 Å². The Morgan fingerprint density at radius 1 is 1.11 bits per heavy atom. The molecule has 0 aromatic heterocycles. The summed E-state index contributed by atoms with van der Waals surface area (Å²) in [7, 11) is 3.20. The van der Waals surface area contributed by atoms with E-state index in [2.05, 4.69) is 18.9 Å². The average molecular weight is 382 g/mol. The lowest BCUT2D eigenvalue weighted by molar-refractivity contribution is 0.0753. The van der Waals surface area contributed by atoms with Gasteiger partial charge in [0.25, 0.3) is 5.91 Å². The van der Waals surface area contributed by atoms with E-state index < -0.39 is 0 Å². The van der Waals surface area contributed by atoms with Gasteiger partial charge in [-0.2, -0.15) is 5.10 Å². The van der Waals surface area contributed by atoms with Crippen LogP contribution in [0.2, 0.25) is 0 Å². The molecule has 1 amide bonds. The fourth-order valence-electron chi connectivity index (χ4n) is 3.32. The highest BCUT2D eigenvalue weighted by molar-refractivity contribution is 6.08. The standard InChI is InChI=1S/C22H26N2O4/c1-6-28-17-9-7-8-16(12-17)21(25)24-14-22(2,3)20(23-24)15-10-11-18(26-4)19(13-15)27-5/h7-13H,6,14H2,1-5H3. The summed E-state index contributed by atoms with van der Waals surface area (Å²) < 4.78 is 16.2. The molecule has 0 saturated carbocycles. The Morgan fingerprint density at radius 2 is 1.86 bits per heavy atom. The first-order valence-electron chi connectivity index (χ1n) is 9.26. The molecular weight excluding hydrogens is 356 g/mol. The third kappa shape index (κ3) is 3.81. The number of nitrogens with zero attached hydrogens (tertiary/aromatic N) is 2. The van der Waals surface area contributed by atoms with E-state index in [1.807, 2.05) is 37.3 Å². The summed E-state index contributed by atoms with van der Waals surface area (Å²) in [6.07, 6.45) is 0. The van der Waals surface area contributed by atoms with Crippen LogP contribution in [0, 0.1) is 5.41 Å². The number of benzene rings is 2. The first-order valence-corrected chi connectivity index (χ1v) is 9.26. The molecule has 0 fully saturated rings. The van der Waals surface area contributed by atoms with Crippen molar-refractivity contribution >= 4 is 11.6 Å². The molecule has 3 rings (SSSR count). The number of hydrogen-bond donors (Lipinski definition) is 0. The zero-order valence-corrected chi connectivity index (χ0v) is 17.0. The van der Waals surface area contributed by atoms with Crippen molar-refractivity contribution in [3.05, 3.63) is 53.6 Å². The Kier molecular flexibility index (Phi) is 5.58. The number of carbonyl (C=O) groups excluding carboxylic acids is 1. The fraction of sp³-hybridized carbons (Fsp3) is 0.364. The molecule has 0 atom stereocenters. The van der Waals surface area contributed by atoms with Crippen LogP contribution in [-0.4, -0.2) is 44.0 Å². The van der Waals surface area contributed by atoms with Gasteiger partial charge in [-0.25, -0.2) is 5.01 Å². The molecule has 1 aliphatic rings. The van der Waals surface area contributed by atoms with Crippen LogP contribution in [0.15, 0.2) is 47.6 Å². The first kappa shape index (κ1) is 19.7. The van der Waals surface area contributed by atoms with Crippen molar-refractivity contribution in [2.45, 2.75) is 20.8 Å². The Bertz CT molecular complexity index is 905. The number of methoxy groups -OCH3 is 2. The van der Waals surface area contributed by atoms with Crippen LogP contribution >= 0.6 is 0 Å². The van der Waals surface area contributed by atoms with Gasteiger partial charge in [0.15, 0.2) is 11.5 Å². The van der Waals surface area contributed by atoms with Crippen LogP contribution in [0.4, 0.5) is 0 Å². The molecule has 0 bridgehead atoms. The van der Waals surface area contributed by atoms with Crippen molar-refractivity contribution in [3.8, 4) is 17.2 Å². The highest BCUT2D eigenvalue weighted by Gasteiger charge is 2.38. The minimum Gasteiger partial charge on any atom is -0.494 e. The van der Waals surface area contributed by atoms with Crippen LogP contribution in [0.5, 0.6) is 17.2 Å². The van der Waals surface area contributed by atoms with E-state index >= 15 is 0 Å². The van der Waals surface area contributed by atoms with Gasteiger partial charge in [-0.1, -0.05) is 19.9 Å². The molecule has 6 heteroatoms. The van der Waals surface area contributed by atoms with Crippen LogP contribution in [0.25, 0.3) is 0 Å². The molecule has 1 aliphatic heterocycles. The van der Waals surface area contributed by atoms with Crippen molar-refractivity contribution < 1.29 is 19.0 Å². The molecule has 0 radical (unpaired) electrons. The van der Waals surface area contributed by atoms with E-state index in [9.17, 15) is 4.79 Å². The van der Waals surface area contributed by atoms with Gasteiger partial charge in [0.05, 0.1) is 33.1 Å². The molecule has 2 aromatic rings. The van der Waals surface area contributed by atoms with Crippen LogP contribution in [-0.2, 0) is 0 Å². The van der Waals surface area contributed by atoms with Crippen molar-refractivity contribution in [2.24, 2.45) is 10.5 Å². The maximum atomic E-state index is 13.0. The summed E-state index contributed by atoms with van der Waals surface area (Å²) in [4.78, 5) is 13.0. The predicted octanol–water partition coefficient (Wildman–Crippen LogP) is 3.99. The van der Waals surface area contributed by atoms with Crippen molar-refractivity contribution in [1.82, 2.24) is 5.01 Å². The Morgan fingerprint density at radius 3 is 2.54 bits per heavy atom. The Balaban J connectivity index is 1.92. The van der Waals surface area contributed by atoms with Gasteiger partial charge < -0.3 is 14.2 Å². The summed E-state index contributed by atoms with van der Waals surface area (Å²) in [5, 5.41) is 6.18. The maximum absolute atomic E-state index is 13.0. The van der Waals surface area contributed by atoms with Crippen molar-refractivity contribution in [3.63, 3.8) is 0 Å². The second kappa shape index (κ2) is 7.92. The van der Waals surface area contributed by atoms with E-state index in [1.54, 1.807) is 26.4 Å². The number of amides is 1. The van der Waals surface area contributed by atoms with Gasteiger partial charge in [0.1, 0.15) is 5.75 Å². The zero-order valence-electron chi connectivity index (χ0n) is 17.0. The van der Waals surface area contributed by atoms with E-state index in [0.717, 1.165) is 11.3 Å². The lowest BCUT2D eigenvalue weighted by Gasteiger charge is -2.21. The molecule has 2 aromatic carbocycles. The molecular formula is C22H26N2O4. The number of hydrazone groups is 1. The second-order valence-electron chi connectivity index (χ2n) is 7.23. The Labute approximate surface area is 165 Å². The smallest absolute Gasteiger partial charge is 0.274 e. The lowest BCUT2D eigenvalue weighted by atomic mass is 9.84. The van der Waals surface area contributed by atoms with E-state index in [-0.39, 0.29) is 11.3 Å². The minimum atomic E-state index is -0.299. The number of carbonyl (C=O) groups is 1. The quantitative estimate of drug-likeness (QED) is 0.758. The number of hydrogen-bond acceptors (Lipinski definition) is 5. The van der Waals surface area contributed by atoms with Crippen LogP contribution in [0.3, 0.4) is 0 Å². The van der Waals surface area contributed by atoms with Crippen molar-refractivity contribution in [1.29, 1.82) is 0 Å². The third-order valence-corrected chi connectivity index (χ3v) is 4.69. The fourth-order valence-corrected chi connectivity index (χ4v) is 3.32. The molecule has 28 heavy (non-hydrogen) atoms. The summed E-state index contributed by atoms with van der Waals surface area (Å²) in [6, 6.07) is 12.9. The van der Waals surface area contributed by atoms with Gasteiger partial charge in [0, 0.05) is 16.5 Å². The molecule has 0 spiro atoms. The van der Waals surface area contributed by atoms with Crippen LogP contribution in [0.1, 0.15) is 36.7 Å². The summed E-state index contributed by atoms with van der Waals surface area (Å²) in [5.74, 6) is 1.82. The molecule has 0 saturated heterocycles. The number of ether oxygens (including phenoxy) is 3. The summed E-state index contributed by atoms with van der Waals surface area (Å²) in [6.45, 7) is 7.11. The molecule has 0 N–H and O–H groups in total. The highest BCUT2D eigenvalue weighted by atomic mass is 16.5.